The topological polar surface area (TPSA) is 93.1 Å². The van der Waals surface area contributed by atoms with Gasteiger partial charge in [0.2, 0.25) is 10.0 Å². The molecule has 0 aromatic heterocycles. The van der Waals surface area contributed by atoms with Gasteiger partial charge in [0.25, 0.3) is 0 Å². The van der Waals surface area contributed by atoms with Gasteiger partial charge in [-0.25, -0.2) is 13.2 Å². The van der Waals surface area contributed by atoms with E-state index in [2.05, 4.69) is 0 Å². The van der Waals surface area contributed by atoms with Crippen LogP contribution in [0.4, 0.5) is 0 Å². The van der Waals surface area contributed by atoms with Gasteiger partial charge in [-0.1, -0.05) is 0 Å². The molecular weight excluding hydrogens is 298 g/mol. The van der Waals surface area contributed by atoms with Crippen LogP contribution in [0.25, 0.3) is 0 Å². The zero-order valence-corrected chi connectivity index (χ0v) is 12.4. The molecular formula is C13H17NO6S. The van der Waals surface area contributed by atoms with E-state index >= 15 is 0 Å². The highest BCUT2D eigenvalue weighted by Gasteiger charge is 2.30. The Bertz CT molecular complexity index is 592. The van der Waals surface area contributed by atoms with E-state index in [4.69, 9.17) is 14.6 Å². The van der Waals surface area contributed by atoms with Gasteiger partial charge < -0.3 is 14.6 Å². The van der Waals surface area contributed by atoms with Crippen LogP contribution >= 0.6 is 0 Å². The Kier molecular flexibility index (Phi) is 4.81. The number of likely N-dealkylation sites (N-methyl/N-ethyl adjacent to an activating group) is 1. The zero-order chi connectivity index (χ0) is 15.5. The highest BCUT2D eigenvalue weighted by molar-refractivity contribution is 7.89. The van der Waals surface area contributed by atoms with Crippen molar-refractivity contribution in [2.24, 2.45) is 0 Å². The Hall–Kier alpha value is -1.64. The molecule has 7 nitrogen and oxygen atoms in total. The summed E-state index contributed by atoms with van der Waals surface area (Å²) in [5.74, 6) is -0.782. The van der Waals surface area contributed by atoms with Crippen molar-refractivity contribution in [2.75, 3.05) is 26.9 Å². The monoisotopic (exact) mass is 315 g/mol. The normalized spacial score (nSPS) is 18.9. The summed E-state index contributed by atoms with van der Waals surface area (Å²) in [4.78, 5) is 10.5. The molecule has 1 atom stereocenters. The van der Waals surface area contributed by atoms with E-state index in [1.165, 1.54) is 35.6 Å². The highest BCUT2D eigenvalue weighted by atomic mass is 32.2. The molecule has 1 aliphatic rings. The predicted molar refractivity (Wildman–Crippen MR) is 73.7 cm³/mol. The molecule has 0 bridgehead atoms. The molecule has 1 unspecified atom stereocenters. The Labute approximate surface area is 123 Å². The third kappa shape index (κ3) is 3.72. The van der Waals surface area contributed by atoms with Crippen LogP contribution in [0.3, 0.4) is 0 Å². The highest BCUT2D eigenvalue weighted by Crippen LogP contribution is 2.22. The third-order valence-electron chi connectivity index (χ3n) is 3.28. The number of nitrogens with zero attached hydrogens (tertiary/aromatic N) is 1. The fourth-order valence-electron chi connectivity index (χ4n) is 2.02. The van der Waals surface area contributed by atoms with Crippen LogP contribution in [0, 0.1) is 0 Å². The summed E-state index contributed by atoms with van der Waals surface area (Å²) in [6, 6.07) is 5.53. The standard InChI is InChI=1S/C13H17NO6S/c1-14(10-6-7-19-8-10)21(17,18)12-4-2-11(3-5-12)20-9-13(15)16/h2-5,10H,6-9H2,1H3,(H,15,16). The van der Waals surface area contributed by atoms with Gasteiger partial charge in [-0.3, -0.25) is 0 Å². The van der Waals surface area contributed by atoms with Crippen LogP contribution in [-0.2, 0) is 19.6 Å². The van der Waals surface area contributed by atoms with E-state index in [-0.39, 0.29) is 10.9 Å². The molecule has 1 heterocycles. The summed E-state index contributed by atoms with van der Waals surface area (Å²) in [6.07, 6.45) is 0.676. The second kappa shape index (κ2) is 6.42. The van der Waals surface area contributed by atoms with E-state index in [9.17, 15) is 13.2 Å². The van der Waals surface area contributed by atoms with Crippen molar-refractivity contribution < 1.29 is 27.8 Å². The lowest BCUT2D eigenvalue weighted by molar-refractivity contribution is -0.139. The minimum Gasteiger partial charge on any atom is -0.482 e. The Morgan fingerprint density at radius 2 is 2.10 bits per heavy atom. The third-order valence-corrected chi connectivity index (χ3v) is 5.21. The molecule has 0 saturated carbocycles. The fourth-order valence-corrected chi connectivity index (χ4v) is 3.40. The lowest BCUT2D eigenvalue weighted by Gasteiger charge is -2.22. The van der Waals surface area contributed by atoms with Crippen LogP contribution in [-0.4, -0.2) is 56.7 Å². The zero-order valence-electron chi connectivity index (χ0n) is 11.6. The van der Waals surface area contributed by atoms with Gasteiger partial charge in [0.1, 0.15) is 5.75 Å². The van der Waals surface area contributed by atoms with Crippen molar-refractivity contribution in [2.45, 2.75) is 17.4 Å². The van der Waals surface area contributed by atoms with Crippen LogP contribution in [0.1, 0.15) is 6.42 Å². The van der Waals surface area contributed by atoms with E-state index in [1.54, 1.807) is 0 Å². The average molecular weight is 315 g/mol. The van der Waals surface area contributed by atoms with Gasteiger partial charge in [-0.05, 0) is 30.7 Å². The molecule has 0 amide bonds. The maximum atomic E-state index is 12.4. The van der Waals surface area contributed by atoms with E-state index in [1.807, 2.05) is 0 Å². The number of carboxylic acids is 1. The first-order chi connectivity index (χ1) is 9.91. The lowest BCUT2D eigenvalue weighted by Crippen LogP contribution is -2.37. The molecule has 0 radical (unpaired) electrons. The lowest BCUT2D eigenvalue weighted by atomic mass is 10.3. The van der Waals surface area contributed by atoms with Crippen LogP contribution in [0.5, 0.6) is 5.75 Å². The minimum atomic E-state index is -3.59. The SMILES string of the molecule is CN(C1CCOC1)S(=O)(=O)c1ccc(OCC(=O)O)cc1. The molecule has 1 N–H and O–H groups in total. The molecule has 2 rings (SSSR count). The number of aliphatic carboxylic acids is 1. The first-order valence-electron chi connectivity index (χ1n) is 6.41. The number of benzene rings is 1. The Morgan fingerprint density at radius 3 is 2.62 bits per heavy atom. The molecule has 1 aromatic rings. The van der Waals surface area contributed by atoms with Gasteiger partial charge in [0.05, 0.1) is 17.5 Å². The molecule has 1 aliphatic heterocycles. The summed E-state index contributed by atoms with van der Waals surface area (Å²) in [7, 11) is -2.06. The molecule has 8 heteroatoms. The maximum Gasteiger partial charge on any atom is 0.341 e. The molecule has 1 saturated heterocycles. The largest absolute Gasteiger partial charge is 0.482 e. The summed E-state index contributed by atoms with van der Waals surface area (Å²) in [5, 5.41) is 8.51. The second-order valence-electron chi connectivity index (χ2n) is 4.69. The molecule has 1 aromatic carbocycles. The van der Waals surface area contributed by atoms with Crippen LogP contribution in [0.15, 0.2) is 29.2 Å². The number of ether oxygens (including phenoxy) is 2. The number of sulfonamides is 1. The van der Waals surface area contributed by atoms with Gasteiger partial charge >= 0.3 is 5.97 Å². The summed E-state index contributed by atoms with van der Waals surface area (Å²) < 4.78 is 36.3. The fraction of sp³-hybridized carbons (Fsp3) is 0.462. The quantitative estimate of drug-likeness (QED) is 0.824. The number of hydrogen-bond acceptors (Lipinski definition) is 5. The smallest absolute Gasteiger partial charge is 0.341 e. The number of carbonyl (C=O) groups is 1. The van der Waals surface area contributed by atoms with Crippen molar-refractivity contribution in [1.29, 1.82) is 0 Å². The number of hydrogen-bond donors (Lipinski definition) is 1. The molecule has 116 valence electrons. The van der Waals surface area contributed by atoms with Crippen LogP contribution < -0.4 is 4.74 Å². The average Bonchev–Trinajstić information content (AvgIpc) is 2.98. The molecule has 21 heavy (non-hydrogen) atoms. The molecule has 0 spiro atoms. The van der Waals surface area contributed by atoms with Gasteiger partial charge in [0, 0.05) is 13.7 Å². The predicted octanol–water partition coefficient (Wildman–Crippen LogP) is 0.559. The number of carboxylic acid groups (broad SMARTS) is 1. The first-order valence-corrected chi connectivity index (χ1v) is 7.85. The van der Waals surface area contributed by atoms with Crippen molar-refractivity contribution in [3.8, 4) is 5.75 Å². The van der Waals surface area contributed by atoms with E-state index in [0.717, 1.165) is 0 Å². The maximum absolute atomic E-state index is 12.4. The Morgan fingerprint density at radius 1 is 1.43 bits per heavy atom. The van der Waals surface area contributed by atoms with Crippen molar-refractivity contribution >= 4 is 16.0 Å². The van der Waals surface area contributed by atoms with Gasteiger partial charge in [-0.15, -0.1) is 0 Å². The summed E-state index contributed by atoms with van der Waals surface area (Å²) in [6.45, 7) is 0.493. The van der Waals surface area contributed by atoms with Crippen molar-refractivity contribution in [3.05, 3.63) is 24.3 Å². The summed E-state index contributed by atoms with van der Waals surface area (Å²) >= 11 is 0. The second-order valence-corrected chi connectivity index (χ2v) is 6.69. The van der Waals surface area contributed by atoms with Crippen molar-refractivity contribution in [3.63, 3.8) is 0 Å². The van der Waals surface area contributed by atoms with E-state index < -0.39 is 22.6 Å². The van der Waals surface area contributed by atoms with Crippen LogP contribution in [0.2, 0.25) is 0 Å². The first kappa shape index (κ1) is 15.7. The molecule has 1 fully saturated rings. The summed E-state index contributed by atoms with van der Waals surface area (Å²) in [5.41, 5.74) is 0. The van der Waals surface area contributed by atoms with E-state index in [0.29, 0.717) is 25.4 Å². The van der Waals surface area contributed by atoms with Crippen molar-refractivity contribution in [1.82, 2.24) is 4.31 Å². The van der Waals surface area contributed by atoms with Gasteiger partial charge in [-0.2, -0.15) is 4.31 Å². The minimum absolute atomic E-state index is 0.138. The number of rotatable bonds is 6. The molecule has 0 aliphatic carbocycles. The Balaban J connectivity index is 2.11. The van der Waals surface area contributed by atoms with Gasteiger partial charge in [0.15, 0.2) is 6.61 Å².